The third-order valence-corrected chi connectivity index (χ3v) is 6.43. The van der Waals surface area contributed by atoms with Crippen molar-refractivity contribution in [1.29, 1.82) is 0 Å². The number of hydrogen-bond acceptors (Lipinski definition) is 5. The molecule has 3 heterocycles. The molecule has 1 aromatic carbocycles. The van der Waals surface area contributed by atoms with Crippen LogP contribution in [0.1, 0.15) is 46.8 Å². The molecule has 2 fully saturated rings. The van der Waals surface area contributed by atoms with Crippen LogP contribution in [-0.2, 0) is 16.0 Å². The summed E-state index contributed by atoms with van der Waals surface area (Å²) >= 11 is 0. The van der Waals surface area contributed by atoms with Gasteiger partial charge >= 0.3 is 0 Å². The van der Waals surface area contributed by atoms with Crippen LogP contribution in [0.2, 0.25) is 0 Å². The van der Waals surface area contributed by atoms with Gasteiger partial charge < -0.3 is 19.1 Å². The molecule has 0 bridgehead atoms. The molecule has 2 saturated heterocycles. The van der Waals surface area contributed by atoms with Crippen molar-refractivity contribution in [3.05, 3.63) is 52.9 Å². The highest BCUT2D eigenvalue weighted by Gasteiger charge is 2.50. The molecule has 2 aliphatic rings. The molecule has 0 aliphatic carbocycles. The first-order valence-corrected chi connectivity index (χ1v) is 10.6. The van der Waals surface area contributed by atoms with Crippen LogP contribution < -0.4 is 0 Å². The van der Waals surface area contributed by atoms with E-state index in [1.807, 2.05) is 28.9 Å². The molecular weight excluding hydrogens is 382 g/mol. The Balaban J connectivity index is 1.58. The SMILES string of the molecule is CCc1cc(C(=O)N2C[C@H]3CN(C(=O)CCOC)[C@H](c4ccccc4C)[C@H]3C2)no1. The molecule has 0 spiro atoms. The molecule has 30 heavy (non-hydrogen) atoms. The van der Waals surface area contributed by atoms with E-state index in [0.29, 0.717) is 50.5 Å². The maximum Gasteiger partial charge on any atom is 0.276 e. The van der Waals surface area contributed by atoms with Gasteiger partial charge in [0.2, 0.25) is 5.91 Å². The lowest BCUT2D eigenvalue weighted by Gasteiger charge is -2.31. The van der Waals surface area contributed by atoms with Crippen LogP contribution in [0, 0.1) is 18.8 Å². The highest BCUT2D eigenvalue weighted by Crippen LogP contribution is 2.46. The summed E-state index contributed by atoms with van der Waals surface area (Å²) in [6.45, 7) is 6.38. The van der Waals surface area contributed by atoms with Gasteiger partial charge in [0.1, 0.15) is 5.76 Å². The number of hydrogen-bond donors (Lipinski definition) is 0. The number of benzene rings is 1. The molecule has 2 amide bonds. The monoisotopic (exact) mass is 411 g/mol. The smallest absolute Gasteiger partial charge is 0.276 e. The van der Waals surface area contributed by atoms with Crippen molar-refractivity contribution in [1.82, 2.24) is 15.0 Å². The van der Waals surface area contributed by atoms with Gasteiger partial charge in [-0.15, -0.1) is 0 Å². The summed E-state index contributed by atoms with van der Waals surface area (Å²) < 4.78 is 10.3. The summed E-state index contributed by atoms with van der Waals surface area (Å²) in [5, 5.41) is 3.95. The highest BCUT2D eigenvalue weighted by molar-refractivity contribution is 5.92. The van der Waals surface area contributed by atoms with Gasteiger partial charge in [-0.3, -0.25) is 9.59 Å². The molecule has 160 valence electrons. The fourth-order valence-electron chi connectivity index (χ4n) is 4.86. The van der Waals surface area contributed by atoms with Gasteiger partial charge in [0.25, 0.3) is 5.91 Å². The fourth-order valence-corrected chi connectivity index (χ4v) is 4.86. The van der Waals surface area contributed by atoms with Gasteiger partial charge in [-0.05, 0) is 18.1 Å². The third kappa shape index (κ3) is 3.74. The van der Waals surface area contributed by atoms with E-state index in [2.05, 4.69) is 24.2 Å². The summed E-state index contributed by atoms with van der Waals surface area (Å²) in [7, 11) is 1.61. The van der Waals surface area contributed by atoms with Gasteiger partial charge in [0, 0.05) is 51.1 Å². The zero-order valence-corrected chi connectivity index (χ0v) is 17.8. The molecule has 3 atom stereocenters. The van der Waals surface area contributed by atoms with Crippen molar-refractivity contribution in [2.75, 3.05) is 33.4 Å². The van der Waals surface area contributed by atoms with E-state index >= 15 is 0 Å². The van der Waals surface area contributed by atoms with Gasteiger partial charge in [0.05, 0.1) is 19.1 Å². The number of ether oxygens (including phenoxy) is 1. The van der Waals surface area contributed by atoms with E-state index in [9.17, 15) is 9.59 Å². The molecule has 2 aliphatic heterocycles. The van der Waals surface area contributed by atoms with Crippen molar-refractivity contribution < 1.29 is 18.8 Å². The summed E-state index contributed by atoms with van der Waals surface area (Å²) in [5.74, 6) is 1.20. The van der Waals surface area contributed by atoms with Crippen LogP contribution in [0.4, 0.5) is 0 Å². The van der Waals surface area contributed by atoms with E-state index in [1.165, 1.54) is 11.1 Å². The largest absolute Gasteiger partial charge is 0.384 e. The maximum absolute atomic E-state index is 13.0. The molecule has 7 heteroatoms. The quantitative estimate of drug-likeness (QED) is 0.731. The molecule has 0 saturated carbocycles. The van der Waals surface area contributed by atoms with E-state index in [-0.39, 0.29) is 29.7 Å². The minimum absolute atomic E-state index is 0.0260. The molecule has 2 aromatic rings. The predicted molar refractivity (Wildman–Crippen MR) is 111 cm³/mol. The Labute approximate surface area is 177 Å². The number of likely N-dealkylation sites (tertiary alicyclic amines) is 2. The van der Waals surface area contributed by atoms with Crippen molar-refractivity contribution in [3.63, 3.8) is 0 Å². The van der Waals surface area contributed by atoms with Gasteiger partial charge in [-0.1, -0.05) is 36.3 Å². The Morgan fingerprint density at radius 2 is 2.03 bits per heavy atom. The number of rotatable bonds is 6. The molecule has 1 aromatic heterocycles. The number of carbonyl (C=O) groups excluding carboxylic acids is 2. The van der Waals surface area contributed by atoms with Crippen molar-refractivity contribution in [2.24, 2.45) is 11.8 Å². The number of nitrogens with zero attached hydrogens (tertiary/aromatic N) is 3. The highest BCUT2D eigenvalue weighted by atomic mass is 16.5. The van der Waals surface area contributed by atoms with Crippen LogP contribution in [0.5, 0.6) is 0 Å². The van der Waals surface area contributed by atoms with E-state index < -0.39 is 0 Å². The van der Waals surface area contributed by atoms with Gasteiger partial charge in [0.15, 0.2) is 5.69 Å². The van der Waals surface area contributed by atoms with Crippen LogP contribution in [0.3, 0.4) is 0 Å². The fraction of sp³-hybridized carbons (Fsp3) is 0.522. The molecular formula is C23H29N3O4. The van der Waals surface area contributed by atoms with Crippen molar-refractivity contribution in [2.45, 2.75) is 32.7 Å². The first-order chi connectivity index (χ1) is 14.5. The molecule has 0 unspecified atom stereocenters. The van der Waals surface area contributed by atoms with E-state index in [0.717, 1.165) is 0 Å². The van der Waals surface area contributed by atoms with Crippen molar-refractivity contribution in [3.8, 4) is 0 Å². The second kappa shape index (κ2) is 8.60. The second-order valence-corrected chi connectivity index (χ2v) is 8.26. The summed E-state index contributed by atoms with van der Waals surface area (Å²) in [6, 6.07) is 9.93. The lowest BCUT2D eigenvalue weighted by molar-refractivity contribution is -0.133. The zero-order chi connectivity index (χ0) is 21.3. The molecule has 0 N–H and O–H groups in total. The molecule has 0 radical (unpaired) electrons. The third-order valence-electron chi connectivity index (χ3n) is 6.43. The maximum atomic E-state index is 13.0. The standard InChI is InChI=1S/C23H29N3O4/c1-4-17-11-20(24-30-17)23(28)25-12-16-13-26(21(27)9-10-29-3)22(19(16)14-25)18-8-6-5-7-15(18)2/h5-8,11,16,19,22H,4,9-10,12-14H2,1-3H3/t16-,19-,22+/m0/s1. The summed E-state index contributed by atoms with van der Waals surface area (Å²) in [5.41, 5.74) is 2.70. The van der Waals surface area contributed by atoms with Crippen LogP contribution in [-0.4, -0.2) is 60.1 Å². The summed E-state index contributed by atoms with van der Waals surface area (Å²) in [4.78, 5) is 29.8. The topological polar surface area (TPSA) is 75.9 Å². The Morgan fingerprint density at radius 1 is 1.23 bits per heavy atom. The average molecular weight is 412 g/mol. The number of aromatic nitrogens is 1. The van der Waals surface area contributed by atoms with Crippen molar-refractivity contribution >= 4 is 11.8 Å². The normalized spacial score (nSPS) is 23.1. The minimum Gasteiger partial charge on any atom is -0.384 e. The van der Waals surface area contributed by atoms with E-state index in [4.69, 9.17) is 9.26 Å². The molecule has 7 nitrogen and oxygen atoms in total. The van der Waals surface area contributed by atoms with Gasteiger partial charge in [-0.25, -0.2) is 0 Å². The summed E-state index contributed by atoms with van der Waals surface area (Å²) in [6.07, 6.45) is 1.08. The Kier molecular flexibility index (Phi) is 5.90. The average Bonchev–Trinajstić information content (AvgIpc) is 3.46. The van der Waals surface area contributed by atoms with Crippen LogP contribution in [0.25, 0.3) is 0 Å². The Bertz CT molecular complexity index is 925. The van der Waals surface area contributed by atoms with Gasteiger partial charge in [-0.2, -0.15) is 0 Å². The lowest BCUT2D eigenvalue weighted by Crippen LogP contribution is -2.38. The number of fused-ring (bicyclic) bond motifs is 1. The number of aryl methyl sites for hydroxylation is 2. The predicted octanol–water partition coefficient (Wildman–Crippen LogP) is 2.85. The number of amides is 2. The Hall–Kier alpha value is -2.67. The van der Waals surface area contributed by atoms with Crippen LogP contribution in [0.15, 0.2) is 34.9 Å². The first-order valence-electron chi connectivity index (χ1n) is 10.6. The zero-order valence-electron chi connectivity index (χ0n) is 17.8. The lowest BCUT2D eigenvalue weighted by atomic mass is 9.87. The minimum atomic E-state index is -0.0892. The second-order valence-electron chi connectivity index (χ2n) is 8.26. The Morgan fingerprint density at radius 3 is 2.73 bits per heavy atom. The first kappa shape index (κ1) is 20.6. The number of carbonyl (C=O) groups is 2. The van der Waals surface area contributed by atoms with E-state index in [1.54, 1.807) is 13.2 Å². The molecule has 4 rings (SSSR count). The number of methoxy groups -OCH3 is 1. The van der Waals surface area contributed by atoms with Crippen LogP contribution >= 0.6 is 0 Å².